The summed E-state index contributed by atoms with van der Waals surface area (Å²) in [5, 5.41) is 9.33. The van der Waals surface area contributed by atoms with Crippen LogP contribution in [-0.4, -0.2) is 24.0 Å². The Bertz CT molecular complexity index is 335. The van der Waals surface area contributed by atoms with Crippen molar-refractivity contribution in [1.82, 2.24) is 15.6 Å². The Balaban J connectivity index is 1.59. The quantitative estimate of drug-likeness (QED) is 0.736. The van der Waals surface area contributed by atoms with Crippen molar-refractivity contribution in [2.45, 2.75) is 25.8 Å². The van der Waals surface area contributed by atoms with Gasteiger partial charge in [-0.05, 0) is 19.8 Å². The maximum absolute atomic E-state index is 11.3. The van der Waals surface area contributed by atoms with Gasteiger partial charge in [0, 0.05) is 30.6 Å². The molecule has 5 heteroatoms. The first-order valence-corrected chi connectivity index (χ1v) is 6.56. The molecule has 16 heavy (non-hydrogen) atoms. The average molecular weight is 239 g/mol. The van der Waals surface area contributed by atoms with Crippen LogP contribution >= 0.6 is 11.3 Å². The van der Waals surface area contributed by atoms with E-state index in [0.717, 1.165) is 24.4 Å². The Morgan fingerprint density at radius 1 is 1.62 bits per heavy atom. The lowest BCUT2D eigenvalue weighted by Crippen LogP contribution is -2.33. The van der Waals surface area contributed by atoms with Gasteiger partial charge in [0.25, 0.3) is 0 Å². The van der Waals surface area contributed by atoms with E-state index in [4.69, 9.17) is 0 Å². The van der Waals surface area contributed by atoms with E-state index in [0.29, 0.717) is 12.5 Å². The summed E-state index contributed by atoms with van der Waals surface area (Å²) in [6, 6.07) is 0.262. The molecule has 4 nitrogen and oxygen atoms in total. The van der Waals surface area contributed by atoms with Gasteiger partial charge < -0.3 is 10.6 Å². The second-order valence-corrected chi connectivity index (χ2v) is 5.04. The van der Waals surface area contributed by atoms with Gasteiger partial charge in [-0.15, -0.1) is 11.3 Å². The fourth-order valence-electron chi connectivity index (χ4n) is 1.50. The Morgan fingerprint density at radius 3 is 3.06 bits per heavy atom. The van der Waals surface area contributed by atoms with E-state index < -0.39 is 0 Å². The molecule has 0 saturated heterocycles. The van der Waals surface area contributed by atoms with Crippen LogP contribution in [0.4, 0.5) is 0 Å². The molecule has 2 rings (SSSR count). The third-order valence-electron chi connectivity index (χ3n) is 2.64. The highest BCUT2D eigenvalue weighted by Crippen LogP contribution is 2.28. The van der Waals surface area contributed by atoms with E-state index in [1.165, 1.54) is 0 Å². The van der Waals surface area contributed by atoms with Gasteiger partial charge in [-0.1, -0.05) is 0 Å². The molecule has 1 aliphatic rings. The van der Waals surface area contributed by atoms with Crippen LogP contribution < -0.4 is 10.6 Å². The highest BCUT2D eigenvalue weighted by molar-refractivity contribution is 7.09. The minimum atomic E-state index is 0.212. The number of thiazole rings is 1. The highest BCUT2D eigenvalue weighted by Gasteiger charge is 2.28. The molecule has 1 atom stereocenters. The zero-order valence-electron chi connectivity index (χ0n) is 9.40. The van der Waals surface area contributed by atoms with E-state index >= 15 is 0 Å². The lowest BCUT2D eigenvalue weighted by Gasteiger charge is -2.11. The van der Waals surface area contributed by atoms with Gasteiger partial charge in [-0.25, -0.2) is 4.98 Å². The Labute approximate surface area is 99.5 Å². The molecular weight excluding hydrogens is 222 g/mol. The van der Waals surface area contributed by atoms with Crippen LogP contribution in [0.1, 0.15) is 30.8 Å². The van der Waals surface area contributed by atoms with Crippen LogP contribution in [0.3, 0.4) is 0 Å². The van der Waals surface area contributed by atoms with Gasteiger partial charge in [0.05, 0.1) is 6.04 Å². The second kappa shape index (κ2) is 5.41. The molecule has 1 aromatic rings. The van der Waals surface area contributed by atoms with Crippen molar-refractivity contribution in [1.29, 1.82) is 0 Å². The summed E-state index contributed by atoms with van der Waals surface area (Å²) < 4.78 is 0. The number of nitrogens with one attached hydrogen (secondary N) is 2. The lowest BCUT2D eigenvalue weighted by molar-refractivity contribution is -0.122. The molecule has 2 N–H and O–H groups in total. The van der Waals surface area contributed by atoms with Gasteiger partial charge >= 0.3 is 0 Å². The number of carbonyl (C=O) groups excluding carboxylic acids is 1. The molecule has 1 amide bonds. The molecular formula is C11H17N3OS. The van der Waals surface area contributed by atoms with Crippen molar-refractivity contribution >= 4 is 17.2 Å². The SMILES string of the molecule is CC(NCCNC(=O)C1CC1)c1nccs1. The molecule has 1 unspecified atom stereocenters. The minimum Gasteiger partial charge on any atom is -0.355 e. The van der Waals surface area contributed by atoms with E-state index in [-0.39, 0.29) is 11.9 Å². The standard InChI is InChI=1S/C11H17N3OS/c1-8(11-14-6-7-16-11)12-4-5-13-10(15)9-2-3-9/h6-9,12H,2-5H2,1H3,(H,13,15). The predicted octanol–water partition coefficient (Wildman–Crippen LogP) is 1.32. The molecule has 0 spiro atoms. The highest BCUT2D eigenvalue weighted by atomic mass is 32.1. The van der Waals surface area contributed by atoms with Gasteiger partial charge in [-0.2, -0.15) is 0 Å². The minimum absolute atomic E-state index is 0.212. The molecule has 0 bridgehead atoms. The molecule has 1 aromatic heterocycles. The van der Waals surface area contributed by atoms with Crippen LogP contribution in [0.2, 0.25) is 0 Å². The zero-order valence-corrected chi connectivity index (χ0v) is 10.2. The fraction of sp³-hybridized carbons (Fsp3) is 0.636. The smallest absolute Gasteiger partial charge is 0.223 e. The topological polar surface area (TPSA) is 54.0 Å². The Hall–Kier alpha value is -0.940. The van der Waals surface area contributed by atoms with Gasteiger partial charge in [0.2, 0.25) is 5.91 Å². The third kappa shape index (κ3) is 3.28. The monoisotopic (exact) mass is 239 g/mol. The predicted molar refractivity (Wildman–Crippen MR) is 64.3 cm³/mol. The van der Waals surface area contributed by atoms with Crippen molar-refractivity contribution in [3.63, 3.8) is 0 Å². The first-order chi connectivity index (χ1) is 7.77. The van der Waals surface area contributed by atoms with Crippen molar-refractivity contribution in [2.75, 3.05) is 13.1 Å². The molecule has 1 heterocycles. The Morgan fingerprint density at radius 2 is 2.44 bits per heavy atom. The molecule has 1 saturated carbocycles. The lowest BCUT2D eigenvalue weighted by atomic mass is 10.3. The molecule has 0 radical (unpaired) electrons. The molecule has 1 fully saturated rings. The summed E-state index contributed by atoms with van der Waals surface area (Å²) in [6.45, 7) is 3.58. The molecule has 0 aromatic carbocycles. The zero-order chi connectivity index (χ0) is 11.4. The van der Waals surface area contributed by atoms with Crippen molar-refractivity contribution in [3.05, 3.63) is 16.6 Å². The number of aromatic nitrogens is 1. The summed E-state index contributed by atoms with van der Waals surface area (Å²) in [7, 11) is 0. The maximum atomic E-state index is 11.3. The number of hydrogen-bond donors (Lipinski definition) is 2. The summed E-state index contributed by atoms with van der Waals surface area (Å²) >= 11 is 1.65. The molecule has 88 valence electrons. The van der Waals surface area contributed by atoms with E-state index in [2.05, 4.69) is 22.5 Å². The summed E-state index contributed by atoms with van der Waals surface area (Å²) in [6.07, 6.45) is 3.94. The van der Waals surface area contributed by atoms with Gasteiger partial charge in [-0.3, -0.25) is 4.79 Å². The summed E-state index contributed by atoms with van der Waals surface area (Å²) in [5.41, 5.74) is 0. The van der Waals surface area contributed by atoms with Crippen LogP contribution in [0.5, 0.6) is 0 Å². The first-order valence-electron chi connectivity index (χ1n) is 5.68. The number of rotatable bonds is 6. The number of carbonyl (C=O) groups is 1. The summed E-state index contributed by atoms with van der Waals surface area (Å²) in [4.78, 5) is 15.6. The normalized spacial score (nSPS) is 17.1. The van der Waals surface area contributed by atoms with Gasteiger partial charge in [0.1, 0.15) is 5.01 Å². The van der Waals surface area contributed by atoms with Crippen LogP contribution in [0, 0.1) is 5.92 Å². The first kappa shape index (κ1) is 11.5. The van der Waals surface area contributed by atoms with E-state index in [1.54, 1.807) is 11.3 Å². The van der Waals surface area contributed by atoms with E-state index in [1.807, 2.05) is 11.6 Å². The van der Waals surface area contributed by atoms with Gasteiger partial charge in [0.15, 0.2) is 0 Å². The second-order valence-electron chi connectivity index (χ2n) is 4.11. The van der Waals surface area contributed by atoms with Crippen LogP contribution in [-0.2, 0) is 4.79 Å². The largest absolute Gasteiger partial charge is 0.355 e. The van der Waals surface area contributed by atoms with E-state index in [9.17, 15) is 4.79 Å². The molecule has 0 aliphatic heterocycles. The third-order valence-corrected chi connectivity index (χ3v) is 3.60. The van der Waals surface area contributed by atoms with Crippen molar-refractivity contribution in [3.8, 4) is 0 Å². The van der Waals surface area contributed by atoms with Crippen molar-refractivity contribution in [2.24, 2.45) is 5.92 Å². The Kier molecular flexibility index (Phi) is 3.90. The fourth-order valence-corrected chi connectivity index (χ4v) is 2.17. The van der Waals surface area contributed by atoms with Crippen molar-refractivity contribution < 1.29 is 4.79 Å². The van der Waals surface area contributed by atoms with Crippen LogP contribution in [0.25, 0.3) is 0 Å². The maximum Gasteiger partial charge on any atom is 0.223 e. The number of hydrogen-bond acceptors (Lipinski definition) is 4. The van der Waals surface area contributed by atoms with Crippen LogP contribution in [0.15, 0.2) is 11.6 Å². The average Bonchev–Trinajstić information content (AvgIpc) is 2.99. The summed E-state index contributed by atoms with van der Waals surface area (Å²) in [5.74, 6) is 0.514. The molecule has 1 aliphatic carbocycles. The number of amides is 1. The number of nitrogens with zero attached hydrogens (tertiary/aromatic N) is 1.